The number of sulfone groups is 1. The third-order valence-corrected chi connectivity index (χ3v) is 10.3. The van der Waals surface area contributed by atoms with Crippen LogP contribution >= 0.6 is 11.3 Å². The van der Waals surface area contributed by atoms with Crippen molar-refractivity contribution in [2.75, 3.05) is 17.3 Å². The summed E-state index contributed by atoms with van der Waals surface area (Å²) in [6.07, 6.45) is 2.53. The van der Waals surface area contributed by atoms with E-state index in [1.54, 1.807) is 0 Å². The fourth-order valence-corrected chi connectivity index (χ4v) is 8.39. The number of hydrogen-bond acceptors (Lipinski definition) is 8. The van der Waals surface area contributed by atoms with Crippen molar-refractivity contribution in [1.29, 1.82) is 0 Å². The van der Waals surface area contributed by atoms with E-state index in [0.717, 1.165) is 29.7 Å². The maximum atomic E-state index is 14.5. The number of aryl methyl sites for hydroxylation is 1. The summed E-state index contributed by atoms with van der Waals surface area (Å²) in [5, 5.41) is 15.4. The van der Waals surface area contributed by atoms with Gasteiger partial charge < -0.3 is 15.3 Å². The Morgan fingerprint density at radius 2 is 1.92 bits per heavy atom. The van der Waals surface area contributed by atoms with E-state index in [-0.39, 0.29) is 39.0 Å². The van der Waals surface area contributed by atoms with E-state index in [9.17, 15) is 39.9 Å². The number of nitrogens with one attached hydrogen (secondary N) is 1. The molecule has 1 aromatic carbocycles. The molecule has 1 saturated carbocycles. The number of sulfonamides is 1. The highest BCUT2D eigenvalue weighted by molar-refractivity contribution is 7.91. The first-order valence-electron chi connectivity index (χ1n) is 11.6. The minimum atomic E-state index is -4.38. The Morgan fingerprint density at radius 1 is 1.18 bits per heavy atom. The summed E-state index contributed by atoms with van der Waals surface area (Å²) < 4.78 is 94.9. The Labute approximate surface area is 220 Å². The van der Waals surface area contributed by atoms with E-state index in [1.165, 1.54) is 10.3 Å². The van der Waals surface area contributed by atoms with Gasteiger partial charge in [-0.2, -0.15) is 8.42 Å². The van der Waals surface area contributed by atoms with Gasteiger partial charge in [-0.15, -0.1) is 15.7 Å². The van der Waals surface area contributed by atoms with Crippen LogP contribution in [0.2, 0.25) is 0 Å². The fourth-order valence-electron chi connectivity index (χ4n) is 5.13. The van der Waals surface area contributed by atoms with Gasteiger partial charge in [-0.3, -0.25) is 4.79 Å². The predicted molar refractivity (Wildman–Crippen MR) is 134 cm³/mol. The summed E-state index contributed by atoms with van der Waals surface area (Å²) in [5.41, 5.74) is -0.424. The normalized spacial score (nSPS) is 22.7. The topological polar surface area (TPSA) is 133 Å². The first-order valence-corrected chi connectivity index (χ1v) is 15.9. The maximum absolute atomic E-state index is 14.5. The smallest absolute Gasteiger partial charge is 0.287 e. The molecule has 1 fully saturated rings. The quantitative estimate of drug-likeness (QED) is 0.494. The first kappa shape index (κ1) is 26.7. The zero-order valence-electron chi connectivity index (χ0n) is 19.9. The third-order valence-electron chi connectivity index (χ3n) is 6.92. The van der Waals surface area contributed by atoms with Crippen LogP contribution in [0.15, 0.2) is 38.1 Å². The Morgan fingerprint density at radius 3 is 2.63 bits per heavy atom. The molecule has 0 saturated heterocycles. The lowest BCUT2D eigenvalue weighted by Crippen LogP contribution is -2.49. The highest BCUT2D eigenvalue weighted by Crippen LogP contribution is 2.43. The van der Waals surface area contributed by atoms with Crippen LogP contribution in [0.5, 0.6) is 0 Å². The van der Waals surface area contributed by atoms with Crippen molar-refractivity contribution in [3.8, 4) is 0 Å². The third kappa shape index (κ3) is 4.60. The van der Waals surface area contributed by atoms with E-state index in [1.807, 2.05) is 0 Å². The number of carbonyl (C=O) groups excluding carboxylic acids is 1. The van der Waals surface area contributed by atoms with Gasteiger partial charge in [0.2, 0.25) is 0 Å². The van der Waals surface area contributed by atoms with Crippen LogP contribution in [0.1, 0.15) is 30.4 Å². The van der Waals surface area contributed by atoms with E-state index in [2.05, 4.69) is 9.71 Å². The van der Waals surface area contributed by atoms with E-state index < -0.39 is 73.1 Å². The number of carbonyl (C=O) groups is 1. The summed E-state index contributed by atoms with van der Waals surface area (Å²) in [4.78, 5) is 14.7. The summed E-state index contributed by atoms with van der Waals surface area (Å²) >= 11 is 0.981. The van der Waals surface area contributed by atoms with Gasteiger partial charge in [-0.25, -0.2) is 21.6 Å². The Kier molecular flexibility index (Phi) is 6.59. The molecule has 3 heterocycles. The number of anilines is 1. The number of fused-ring (bicyclic) bond motifs is 2. The number of aliphatic hydroxyl groups excluding tert-OH is 1. The summed E-state index contributed by atoms with van der Waals surface area (Å²) in [5.74, 6) is -6.95. The van der Waals surface area contributed by atoms with Crippen LogP contribution in [-0.4, -0.2) is 56.6 Å². The van der Waals surface area contributed by atoms with Gasteiger partial charge >= 0.3 is 0 Å². The molecule has 5 rings (SSSR count). The molecule has 1 aliphatic carbocycles. The van der Waals surface area contributed by atoms with Crippen LogP contribution in [0.3, 0.4) is 0 Å². The molecule has 2 atom stereocenters. The molecule has 0 bridgehead atoms. The predicted octanol–water partition coefficient (Wildman–Crippen LogP) is 3.29. The number of amidine groups is 1. The Hall–Kier alpha value is -2.91. The van der Waals surface area contributed by atoms with Gasteiger partial charge in [-0.1, -0.05) is 12.5 Å². The van der Waals surface area contributed by atoms with Crippen LogP contribution in [0, 0.1) is 23.4 Å². The van der Waals surface area contributed by atoms with Crippen molar-refractivity contribution in [2.24, 2.45) is 10.3 Å². The van der Waals surface area contributed by atoms with Crippen LogP contribution in [-0.2, 0) is 37.6 Å². The molecule has 15 heteroatoms. The summed E-state index contributed by atoms with van der Waals surface area (Å²) in [7, 11) is -7.75. The lowest BCUT2D eigenvalue weighted by Gasteiger charge is -2.38. The van der Waals surface area contributed by atoms with Gasteiger partial charge in [0.25, 0.3) is 15.9 Å². The van der Waals surface area contributed by atoms with Crippen molar-refractivity contribution >= 4 is 47.9 Å². The number of nitrogens with zero attached hydrogens (tertiary/aromatic N) is 2. The Bertz CT molecular complexity index is 1630. The number of thiophene rings is 1. The number of aliphatic hydroxyl groups is 1. The molecule has 2 N–H and O–H groups in total. The van der Waals surface area contributed by atoms with Crippen LogP contribution in [0.25, 0.3) is 0 Å². The molecule has 2 unspecified atom stereocenters. The van der Waals surface area contributed by atoms with E-state index in [4.69, 9.17) is 0 Å². The standard InChI is InChI=1S/C23H22F3N3O6S3/c1-37(32,33)8-7-12-10-36-22-20(12)38(34,35)28-21(27-22)16-19(30)13-3-2-4-15(13)29(23(16)31)9-11-5-6-14(24)18(26)17(11)25/h5-6,10,13,15,30H,2-4,7-9H2,1H3,(H,27,28). The second-order valence-corrected chi connectivity index (χ2v) is 14.2. The zero-order chi connectivity index (χ0) is 27.6. The van der Waals surface area contributed by atoms with E-state index in [0.29, 0.717) is 19.3 Å². The Balaban J connectivity index is 1.52. The van der Waals surface area contributed by atoms with Crippen molar-refractivity contribution in [3.05, 3.63) is 57.4 Å². The molecule has 1 aromatic heterocycles. The van der Waals surface area contributed by atoms with Crippen molar-refractivity contribution in [1.82, 2.24) is 4.90 Å². The van der Waals surface area contributed by atoms with Crippen molar-refractivity contribution < 1.29 is 39.9 Å². The molecule has 204 valence electrons. The van der Waals surface area contributed by atoms with E-state index >= 15 is 0 Å². The highest BCUT2D eigenvalue weighted by Gasteiger charge is 2.47. The molecular weight excluding hydrogens is 567 g/mol. The second kappa shape index (κ2) is 9.38. The minimum Gasteiger partial charge on any atom is -0.511 e. The molecule has 9 nitrogen and oxygen atoms in total. The monoisotopic (exact) mass is 589 g/mol. The lowest BCUT2D eigenvalue weighted by molar-refractivity contribution is -0.132. The molecular formula is C23H22F3N3O6S3. The zero-order valence-corrected chi connectivity index (χ0v) is 22.3. The summed E-state index contributed by atoms with van der Waals surface area (Å²) in [6, 6.07) is 1.22. The minimum absolute atomic E-state index is 0.0549. The lowest BCUT2D eigenvalue weighted by atomic mass is 9.89. The van der Waals surface area contributed by atoms with Crippen LogP contribution in [0.4, 0.5) is 18.2 Å². The molecule has 38 heavy (non-hydrogen) atoms. The summed E-state index contributed by atoms with van der Waals surface area (Å²) in [6.45, 7) is -0.431. The molecule has 0 radical (unpaired) electrons. The molecule has 0 spiro atoms. The van der Waals surface area contributed by atoms with Crippen molar-refractivity contribution in [2.45, 2.75) is 43.2 Å². The SMILES string of the molecule is CS(=O)(=O)CCc1csc2c1S(=O)(=O)N=C(C1=C(O)C3CCCC3N(Cc3ccc(F)c(F)c3F)C1=O)N2. The number of rotatable bonds is 6. The fraction of sp³-hybridized carbons (Fsp3) is 0.391. The number of benzene rings is 1. The second-order valence-electron chi connectivity index (χ2n) is 9.47. The molecule has 3 aliphatic rings. The molecule has 2 aliphatic heterocycles. The first-order chi connectivity index (χ1) is 17.8. The average molecular weight is 590 g/mol. The van der Waals surface area contributed by atoms with Gasteiger partial charge in [-0.05, 0) is 36.3 Å². The number of amides is 1. The number of halogens is 3. The largest absolute Gasteiger partial charge is 0.511 e. The molecule has 1 amide bonds. The van der Waals surface area contributed by atoms with Gasteiger partial charge in [0, 0.05) is 30.3 Å². The van der Waals surface area contributed by atoms with Crippen molar-refractivity contribution in [3.63, 3.8) is 0 Å². The molecule has 2 aromatic rings. The number of hydrogen-bond donors (Lipinski definition) is 2. The van der Waals surface area contributed by atoms with Gasteiger partial charge in [0.15, 0.2) is 23.3 Å². The maximum Gasteiger partial charge on any atom is 0.287 e. The van der Waals surface area contributed by atoms with Crippen LogP contribution < -0.4 is 5.32 Å². The average Bonchev–Trinajstić information content (AvgIpc) is 3.47. The van der Waals surface area contributed by atoms with Gasteiger partial charge in [0.1, 0.15) is 31.1 Å². The van der Waals surface area contributed by atoms with Gasteiger partial charge in [0.05, 0.1) is 5.75 Å². The highest BCUT2D eigenvalue weighted by atomic mass is 32.2.